The van der Waals surface area contributed by atoms with Gasteiger partial charge in [-0.1, -0.05) is 24.3 Å². The molecule has 2 aliphatic carbocycles. The molecule has 0 aromatic heterocycles. The molecule has 0 aromatic rings. The van der Waals surface area contributed by atoms with Gasteiger partial charge in [-0.15, -0.1) is 0 Å². The van der Waals surface area contributed by atoms with E-state index in [2.05, 4.69) is 0 Å². The summed E-state index contributed by atoms with van der Waals surface area (Å²) < 4.78 is 0. The smallest absolute Gasteiger partial charge is 0.182 e. The van der Waals surface area contributed by atoms with Crippen molar-refractivity contribution in [3.05, 3.63) is 24.3 Å². The molecule has 0 N–H and O–H groups in total. The van der Waals surface area contributed by atoms with E-state index in [0.717, 1.165) is 0 Å². The molecule has 2 bridgehead atoms. The molecule has 2 rings (SSSR count). The maximum Gasteiger partial charge on any atom is 0.182 e. The molecule has 0 radical (unpaired) electrons. The molecule has 0 spiro atoms. The van der Waals surface area contributed by atoms with Crippen LogP contribution in [0.1, 0.15) is 6.42 Å². The van der Waals surface area contributed by atoms with E-state index in [1.54, 1.807) is 24.3 Å². The first-order valence-corrected chi connectivity index (χ1v) is 5.20. The summed E-state index contributed by atoms with van der Waals surface area (Å²) in [5.41, 5.74) is -3.13. The molecule has 17 heavy (non-hydrogen) atoms. The van der Waals surface area contributed by atoms with Crippen LogP contribution in [0.3, 0.4) is 0 Å². The van der Waals surface area contributed by atoms with E-state index in [-0.39, 0.29) is 11.8 Å². The monoisotopic (exact) mass is 220 g/mol. The van der Waals surface area contributed by atoms with Crippen LogP contribution in [0.5, 0.6) is 0 Å². The van der Waals surface area contributed by atoms with Crippen molar-refractivity contribution in [1.82, 2.24) is 0 Å². The number of hydrogen-bond acceptors (Lipinski definition) is 4. The summed E-state index contributed by atoms with van der Waals surface area (Å²) in [4.78, 5) is 0. The van der Waals surface area contributed by atoms with E-state index >= 15 is 0 Å². The fraction of sp³-hybridized carbons (Fsp3) is 0.385. The first-order chi connectivity index (χ1) is 8.20. The highest BCUT2D eigenvalue weighted by Crippen LogP contribution is 2.60. The lowest BCUT2D eigenvalue weighted by Gasteiger charge is -2.29. The molecule has 0 heterocycles. The van der Waals surface area contributed by atoms with Crippen LogP contribution in [0.2, 0.25) is 0 Å². The molecule has 0 aromatic carbocycles. The fourth-order valence-electron chi connectivity index (χ4n) is 2.79. The molecular weight excluding hydrogens is 212 g/mol. The minimum atomic E-state index is -1.57. The van der Waals surface area contributed by atoms with E-state index in [9.17, 15) is 21.0 Å². The molecule has 2 atom stereocenters. The molecule has 0 unspecified atom stereocenters. The Bertz CT molecular complexity index is 491. The van der Waals surface area contributed by atoms with Gasteiger partial charge in [0.05, 0.1) is 24.3 Å². The van der Waals surface area contributed by atoms with Gasteiger partial charge >= 0.3 is 0 Å². The van der Waals surface area contributed by atoms with Gasteiger partial charge in [0, 0.05) is 11.8 Å². The molecule has 0 amide bonds. The van der Waals surface area contributed by atoms with Crippen molar-refractivity contribution < 1.29 is 0 Å². The largest absolute Gasteiger partial charge is 0.196 e. The normalized spacial score (nSPS) is 30.4. The lowest BCUT2D eigenvalue weighted by Crippen LogP contribution is -2.40. The van der Waals surface area contributed by atoms with Crippen LogP contribution in [0.4, 0.5) is 0 Å². The Balaban J connectivity index is 2.75. The van der Waals surface area contributed by atoms with Crippen LogP contribution in [0, 0.1) is 68.0 Å². The fourth-order valence-corrected chi connectivity index (χ4v) is 2.79. The van der Waals surface area contributed by atoms with Crippen LogP contribution in [-0.2, 0) is 0 Å². The van der Waals surface area contributed by atoms with E-state index in [0.29, 0.717) is 6.42 Å². The Morgan fingerprint density at radius 1 is 0.765 bits per heavy atom. The molecule has 4 heteroatoms. The van der Waals surface area contributed by atoms with Crippen LogP contribution in [-0.4, -0.2) is 0 Å². The Labute approximate surface area is 99.3 Å². The molecule has 1 fully saturated rings. The van der Waals surface area contributed by atoms with Crippen molar-refractivity contribution in [2.75, 3.05) is 0 Å². The average molecular weight is 220 g/mol. The highest BCUT2D eigenvalue weighted by atomic mass is 14.7. The molecule has 0 aliphatic heterocycles. The van der Waals surface area contributed by atoms with Crippen molar-refractivity contribution in [2.45, 2.75) is 6.42 Å². The lowest BCUT2D eigenvalue weighted by atomic mass is 9.62. The van der Waals surface area contributed by atoms with Crippen molar-refractivity contribution >= 4 is 0 Å². The summed E-state index contributed by atoms with van der Waals surface area (Å²) in [5.74, 6) is -0.728. The highest BCUT2D eigenvalue weighted by Gasteiger charge is 2.67. The third-order valence-electron chi connectivity index (χ3n) is 3.75. The van der Waals surface area contributed by atoms with E-state index in [1.165, 1.54) is 0 Å². The first kappa shape index (κ1) is 10.9. The van der Waals surface area contributed by atoms with Gasteiger partial charge < -0.3 is 0 Å². The number of allylic oxidation sites excluding steroid dienone is 4. The Morgan fingerprint density at radius 2 is 1.12 bits per heavy atom. The Hall–Kier alpha value is -2.56. The third-order valence-corrected chi connectivity index (χ3v) is 3.75. The van der Waals surface area contributed by atoms with Crippen molar-refractivity contribution in [1.29, 1.82) is 21.0 Å². The lowest BCUT2D eigenvalue weighted by molar-refractivity contribution is 0.289. The SMILES string of the molecule is N#CC1(C#N)[C@@H]2C=CC=C[C@@H](C2)C1(C#N)C#N. The molecule has 0 saturated heterocycles. The second-order valence-electron chi connectivity index (χ2n) is 4.28. The van der Waals surface area contributed by atoms with Crippen LogP contribution < -0.4 is 0 Å². The summed E-state index contributed by atoms with van der Waals surface area (Å²) in [6.07, 6.45) is 7.54. The average Bonchev–Trinajstić information content (AvgIpc) is 2.49. The van der Waals surface area contributed by atoms with Crippen LogP contribution >= 0.6 is 0 Å². The minimum Gasteiger partial charge on any atom is -0.196 e. The van der Waals surface area contributed by atoms with Gasteiger partial charge in [0.2, 0.25) is 0 Å². The summed E-state index contributed by atoms with van der Waals surface area (Å²) >= 11 is 0. The standard InChI is InChI=1S/C13H8N4/c14-6-12(7-15)10-3-1-2-4-11(5-10)13(12,8-16)9-17/h1-4,10-11H,5H2/t10-,11+. The van der Waals surface area contributed by atoms with Gasteiger partial charge in [-0.2, -0.15) is 21.0 Å². The number of nitriles is 4. The van der Waals surface area contributed by atoms with Gasteiger partial charge in [-0.3, -0.25) is 0 Å². The summed E-state index contributed by atoms with van der Waals surface area (Å²) in [5, 5.41) is 37.3. The van der Waals surface area contributed by atoms with Crippen LogP contribution in [0.25, 0.3) is 0 Å². The van der Waals surface area contributed by atoms with Crippen LogP contribution in [0.15, 0.2) is 24.3 Å². The summed E-state index contributed by atoms with van der Waals surface area (Å²) in [6, 6.07) is 7.71. The predicted octanol–water partition coefficient (Wildman–Crippen LogP) is 1.82. The zero-order chi connectivity index (χ0) is 12.5. The quantitative estimate of drug-likeness (QED) is 0.622. The first-order valence-electron chi connectivity index (χ1n) is 5.20. The number of rotatable bonds is 0. The van der Waals surface area contributed by atoms with E-state index < -0.39 is 10.8 Å². The second-order valence-corrected chi connectivity index (χ2v) is 4.28. The Morgan fingerprint density at radius 3 is 1.41 bits per heavy atom. The van der Waals surface area contributed by atoms with Gasteiger partial charge in [-0.05, 0) is 6.42 Å². The van der Waals surface area contributed by atoms with Crippen molar-refractivity contribution in [3.8, 4) is 24.3 Å². The van der Waals surface area contributed by atoms with Crippen molar-refractivity contribution in [3.63, 3.8) is 0 Å². The molecular formula is C13H8N4. The maximum atomic E-state index is 9.32. The molecule has 80 valence electrons. The molecule has 4 nitrogen and oxygen atoms in total. The molecule has 2 aliphatic rings. The zero-order valence-electron chi connectivity index (χ0n) is 8.96. The second kappa shape index (κ2) is 3.48. The third kappa shape index (κ3) is 1.02. The van der Waals surface area contributed by atoms with Gasteiger partial charge in [0.25, 0.3) is 0 Å². The number of hydrogen-bond donors (Lipinski definition) is 0. The Kier molecular flexibility index (Phi) is 2.24. The minimum absolute atomic E-state index is 0.364. The van der Waals surface area contributed by atoms with E-state index in [1.807, 2.05) is 24.3 Å². The van der Waals surface area contributed by atoms with E-state index in [4.69, 9.17) is 0 Å². The predicted molar refractivity (Wildman–Crippen MR) is 57.2 cm³/mol. The summed E-state index contributed by atoms with van der Waals surface area (Å²) in [6.45, 7) is 0. The zero-order valence-corrected chi connectivity index (χ0v) is 8.96. The molecule has 1 saturated carbocycles. The van der Waals surface area contributed by atoms with Gasteiger partial charge in [-0.25, -0.2) is 0 Å². The topological polar surface area (TPSA) is 95.2 Å². The number of nitrogens with zero attached hydrogens (tertiary/aromatic N) is 4. The van der Waals surface area contributed by atoms with Crippen molar-refractivity contribution in [2.24, 2.45) is 22.7 Å². The van der Waals surface area contributed by atoms with Gasteiger partial charge in [0.15, 0.2) is 10.8 Å². The summed E-state index contributed by atoms with van der Waals surface area (Å²) in [7, 11) is 0. The van der Waals surface area contributed by atoms with Gasteiger partial charge in [0.1, 0.15) is 0 Å². The maximum absolute atomic E-state index is 9.32. The number of fused-ring (bicyclic) bond motifs is 2. The highest BCUT2D eigenvalue weighted by molar-refractivity contribution is 5.44.